The first kappa shape index (κ1) is 16.5. The fourth-order valence-electron chi connectivity index (χ4n) is 2.06. The summed E-state index contributed by atoms with van der Waals surface area (Å²) in [5.41, 5.74) is 1.52. The monoisotopic (exact) mass is 312 g/mol. The Morgan fingerprint density at radius 3 is 2.22 bits per heavy atom. The van der Waals surface area contributed by atoms with Gasteiger partial charge >= 0.3 is 0 Å². The van der Waals surface area contributed by atoms with E-state index < -0.39 is 0 Å². The summed E-state index contributed by atoms with van der Waals surface area (Å²) in [7, 11) is 1.60. The summed E-state index contributed by atoms with van der Waals surface area (Å²) in [5.74, 6) is 0.539. The van der Waals surface area contributed by atoms with Crippen LogP contribution < -0.4 is 15.4 Å². The van der Waals surface area contributed by atoms with Crippen molar-refractivity contribution in [3.8, 4) is 5.75 Å². The molecule has 2 aromatic carbocycles. The van der Waals surface area contributed by atoms with Gasteiger partial charge in [0.1, 0.15) is 5.75 Å². The lowest BCUT2D eigenvalue weighted by atomic mass is 10.1. The topological polar surface area (TPSA) is 67.4 Å². The molecule has 0 fully saturated rings. The highest BCUT2D eigenvalue weighted by atomic mass is 16.5. The summed E-state index contributed by atoms with van der Waals surface area (Å²) in [5, 5.41) is 5.54. The van der Waals surface area contributed by atoms with Gasteiger partial charge in [0.2, 0.25) is 5.91 Å². The Hall–Kier alpha value is -2.82. The predicted molar refractivity (Wildman–Crippen MR) is 88.5 cm³/mol. The van der Waals surface area contributed by atoms with Gasteiger partial charge < -0.3 is 15.4 Å². The number of nitrogens with one attached hydrogen (secondary N) is 2. The van der Waals surface area contributed by atoms with Gasteiger partial charge in [-0.25, -0.2) is 0 Å². The van der Waals surface area contributed by atoms with Crippen molar-refractivity contribution in [3.05, 3.63) is 65.7 Å². The van der Waals surface area contributed by atoms with Gasteiger partial charge in [0.05, 0.1) is 13.5 Å². The Kier molecular flexibility index (Phi) is 6.17. The molecule has 0 saturated carbocycles. The first-order chi connectivity index (χ1) is 11.2. The molecule has 23 heavy (non-hydrogen) atoms. The second-order valence-corrected chi connectivity index (χ2v) is 5.00. The lowest BCUT2D eigenvalue weighted by Gasteiger charge is -2.08. The van der Waals surface area contributed by atoms with E-state index >= 15 is 0 Å². The predicted octanol–water partition coefficient (Wildman–Crippen LogP) is 1.78. The molecule has 5 nitrogen and oxygen atoms in total. The number of methoxy groups -OCH3 is 1. The minimum Gasteiger partial charge on any atom is -0.497 e. The highest BCUT2D eigenvalue weighted by molar-refractivity contribution is 5.94. The molecule has 0 spiro atoms. The van der Waals surface area contributed by atoms with E-state index in [1.54, 1.807) is 19.2 Å². The minimum atomic E-state index is -0.144. The van der Waals surface area contributed by atoms with E-state index in [1.807, 2.05) is 42.5 Å². The lowest BCUT2D eigenvalue weighted by molar-refractivity contribution is -0.120. The summed E-state index contributed by atoms with van der Waals surface area (Å²) in [6.07, 6.45) is 0.302. The van der Waals surface area contributed by atoms with Crippen LogP contribution in [0.15, 0.2) is 54.6 Å². The molecule has 0 atom stereocenters. The summed E-state index contributed by atoms with van der Waals surface area (Å²) >= 11 is 0. The van der Waals surface area contributed by atoms with Gasteiger partial charge in [0.15, 0.2) is 0 Å². The first-order valence-electron chi connectivity index (χ1n) is 7.42. The maximum atomic E-state index is 11.8. The van der Waals surface area contributed by atoms with Crippen LogP contribution in [-0.4, -0.2) is 32.0 Å². The Bertz CT molecular complexity index is 639. The largest absolute Gasteiger partial charge is 0.497 e. The number of benzene rings is 2. The van der Waals surface area contributed by atoms with E-state index in [1.165, 1.54) is 0 Å². The van der Waals surface area contributed by atoms with Crippen molar-refractivity contribution < 1.29 is 14.3 Å². The molecule has 0 aliphatic heterocycles. The molecule has 0 heterocycles. The second kappa shape index (κ2) is 8.58. The van der Waals surface area contributed by atoms with Crippen molar-refractivity contribution in [2.75, 3.05) is 20.2 Å². The van der Waals surface area contributed by atoms with Gasteiger partial charge in [0.25, 0.3) is 5.91 Å². The van der Waals surface area contributed by atoms with E-state index in [0.717, 1.165) is 11.3 Å². The van der Waals surface area contributed by atoms with Gasteiger partial charge in [-0.3, -0.25) is 9.59 Å². The molecule has 2 N–H and O–H groups in total. The van der Waals surface area contributed by atoms with Gasteiger partial charge in [-0.1, -0.05) is 30.3 Å². The molecule has 2 amide bonds. The summed E-state index contributed by atoms with van der Waals surface area (Å²) in [4.78, 5) is 23.6. The number of rotatable bonds is 7. The van der Waals surface area contributed by atoms with E-state index in [4.69, 9.17) is 4.74 Å². The molecule has 0 aromatic heterocycles. The molecule has 0 unspecified atom stereocenters. The highest BCUT2D eigenvalue weighted by Gasteiger charge is 2.05. The maximum Gasteiger partial charge on any atom is 0.251 e. The zero-order chi connectivity index (χ0) is 16.5. The van der Waals surface area contributed by atoms with Crippen LogP contribution in [0.5, 0.6) is 5.75 Å². The fourth-order valence-corrected chi connectivity index (χ4v) is 2.06. The van der Waals surface area contributed by atoms with Gasteiger partial charge in [-0.15, -0.1) is 0 Å². The molecule has 0 aliphatic rings. The third-order valence-electron chi connectivity index (χ3n) is 3.29. The number of ether oxygens (including phenoxy) is 1. The van der Waals surface area contributed by atoms with Gasteiger partial charge in [-0.2, -0.15) is 0 Å². The lowest BCUT2D eigenvalue weighted by Crippen LogP contribution is -2.35. The van der Waals surface area contributed by atoms with E-state index in [9.17, 15) is 9.59 Å². The molecule has 2 rings (SSSR count). The average molecular weight is 312 g/mol. The van der Waals surface area contributed by atoms with Crippen molar-refractivity contribution >= 4 is 11.8 Å². The summed E-state index contributed by atoms with van der Waals surface area (Å²) in [6, 6.07) is 16.3. The van der Waals surface area contributed by atoms with Crippen LogP contribution in [0, 0.1) is 0 Å². The number of hydrogen-bond acceptors (Lipinski definition) is 3. The Labute approximate surface area is 135 Å². The Morgan fingerprint density at radius 1 is 0.913 bits per heavy atom. The van der Waals surface area contributed by atoms with Crippen LogP contribution in [0.2, 0.25) is 0 Å². The molecular formula is C18H20N2O3. The third kappa shape index (κ3) is 5.47. The van der Waals surface area contributed by atoms with Crippen molar-refractivity contribution in [1.29, 1.82) is 0 Å². The molecule has 0 radical (unpaired) electrons. The Balaban J connectivity index is 1.67. The number of hydrogen-bond donors (Lipinski definition) is 2. The van der Waals surface area contributed by atoms with Gasteiger partial charge in [0, 0.05) is 18.7 Å². The van der Waals surface area contributed by atoms with Crippen LogP contribution in [0.4, 0.5) is 0 Å². The van der Waals surface area contributed by atoms with Crippen molar-refractivity contribution in [2.45, 2.75) is 6.42 Å². The second-order valence-electron chi connectivity index (χ2n) is 5.00. The zero-order valence-corrected chi connectivity index (χ0v) is 13.0. The van der Waals surface area contributed by atoms with E-state index in [2.05, 4.69) is 10.6 Å². The maximum absolute atomic E-state index is 11.8. The fraction of sp³-hybridized carbons (Fsp3) is 0.222. The smallest absolute Gasteiger partial charge is 0.251 e. The molecule has 2 aromatic rings. The van der Waals surface area contributed by atoms with Crippen LogP contribution in [0.1, 0.15) is 15.9 Å². The number of carbonyl (C=O) groups is 2. The summed E-state index contributed by atoms with van der Waals surface area (Å²) < 4.78 is 5.07. The van der Waals surface area contributed by atoms with Gasteiger partial charge in [-0.05, 0) is 29.8 Å². The first-order valence-corrected chi connectivity index (χ1v) is 7.42. The van der Waals surface area contributed by atoms with Crippen molar-refractivity contribution in [2.24, 2.45) is 0 Å². The molecule has 5 heteroatoms. The van der Waals surface area contributed by atoms with Crippen molar-refractivity contribution in [3.63, 3.8) is 0 Å². The summed E-state index contributed by atoms with van der Waals surface area (Å²) in [6.45, 7) is 0.787. The normalized spacial score (nSPS) is 9.96. The third-order valence-corrected chi connectivity index (χ3v) is 3.29. The number of amides is 2. The number of carbonyl (C=O) groups excluding carboxylic acids is 2. The zero-order valence-electron chi connectivity index (χ0n) is 13.0. The van der Waals surface area contributed by atoms with Crippen LogP contribution in [-0.2, 0) is 11.2 Å². The molecule has 0 bridgehead atoms. The van der Waals surface area contributed by atoms with E-state index in [-0.39, 0.29) is 11.8 Å². The minimum absolute atomic E-state index is 0.0795. The SMILES string of the molecule is COc1ccc(CC(=O)NCCNC(=O)c2ccccc2)cc1. The molecule has 0 saturated heterocycles. The van der Waals surface area contributed by atoms with Crippen LogP contribution in [0.25, 0.3) is 0 Å². The standard InChI is InChI=1S/C18H20N2O3/c1-23-16-9-7-14(8-10-16)13-17(21)19-11-12-20-18(22)15-5-3-2-4-6-15/h2-10H,11-13H2,1H3,(H,19,21)(H,20,22). The molecular weight excluding hydrogens is 292 g/mol. The van der Waals surface area contributed by atoms with E-state index in [0.29, 0.717) is 25.1 Å². The average Bonchev–Trinajstić information content (AvgIpc) is 2.60. The Morgan fingerprint density at radius 2 is 1.57 bits per heavy atom. The molecule has 0 aliphatic carbocycles. The molecule has 120 valence electrons. The highest BCUT2D eigenvalue weighted by Crippen LogP contribution is 2.11. The van der Waals surface area contributed by atoms with Crippen LogP contribution >= 0.6 is 0 Å². The quantitative estimate of drug-likeness (QED) is 0.766. The van der Waals surface area contributed by atoms with Crippen molar-refractivity contribution in [1.82, 2.24) is 10.6 Å². The van der Waals surface area contributed by atoms with Crippen LogP contribution in [0.3, 0.4) is 0 Å².